The molecule has 0 aromatic carbocycles. The smallest absolute Gasteiger partial charge is 0.0947 e. The third kappa shape index (κ3) is 4.50. The van der Waals surface area contributed by atoms with Gasteiger partial charge in [-0.2, -0.15) is 0 Å². The van der Waals surface area contributed by atoms with Crippen molar-refractivity contribution in [3.63, 3.8) is 0 Å². The summed E-state index contributed by atoms with van der Waals surface area (Å²) in [5, 5.41) is 3.23. The first-order valence-corrected chi connectivity index (χ1v) is 4.34. The Balaban J connectivity index is 1.93. The summed E-state index contributed by atoms with van der Waals surface area (Å²) in [6.07, 6.45) is 5.15. The van der Waals surface area contributed by atoms with E-state index in [-0.39, 0.29) is 0 Å². The van der Waals surface area contributed by atoms with Crippen LogP contribution in [0.4, 0.5) is 0 Å². The van der Waals surface area contributed by atoms with E-state index in [1.54, 1.807) is 18.6 Å². The summed E-state index contributed by atoms with van der Waals surface area (Å²) >= 11 is 0. The molecule has 0 bridgehead atoms. The molecule has 0 radical (unpaired) electrons. The summed E-state index contributed by atoms with van der Waals surface area (Å²) in [4.78, 5) is 0. The minimum absolute atomic E-state index is 0.618. The molecule has 3 heteroatoms. The fourth-order valence-corrected chi connectivity index (χ4v) is 0.937. The maximum Gasteiger partial charge on any atom is 0.0947 e. The summed E-state index contributed by atoms with van der Waals surface area (Å²) in [5.41, 5.74) is 1.16. The molecule has 0 saturated heterocycles. The second-order valence-electron chi connectivity index (χ2n) is 2.67. The maximum absolute atomic E-state index is 5.20. The van der Waals surface area contributed by atoms with Crippen LogP contribution in [0, 0.1) is 0 Å². The zero-order valence-corrected chi connectivity index (χ0v) is 7.66. The topological polar surface area (TPSA) is 34.4 Å². The molecule has 0 aliphatic heterocycles. The molecule has 1 heterocycles. The molecule has 1 aromatic rings. The summed E-state index contributed by atoms with van der Waals surface area (Å²) in [7, 11) is 0. The molecule has 1 N–H and O–H groups in total. The first-order valence-electron chi connectivity index (χ1n) is 4.34. The van der Waals surface area contributed by atoms with E-state index in [1.807, 2.05) is 6.07 Å². The average molecular weight is 181 g/mol. The fourth-order valence-electron chi connectivity index (χ4n) is 0.937. The number of nitrogens with one attached hydrogen (secondary N) is 1. The van der Waals surface area contributed by atoms with Crippen molar-refractivity contribution in [3.8, 4) is 0 Å². The van der Waals surface area contributed by atoms with E-state index < -0.39 is 0 Å². The highest BCUT2D eigenvalue weighted by molar-refractivity contribution is 5.04. The van der Waals surface area contributed by atoms with E-state index in [0.29, 0.717) is 13.2 Å². The highest BCUT2D eigenvalue weighted by atomic mass is 16.5. The van der Waals surface area contributed by atoms with Gasteiger partial charge in [-0.05, 0) is 6.07 Å². The van der Waals surface area contributed by atoms with Crippen molar-refractivity contribution >= 4 is 0 Å². The Hall–Kier alpha value is -1.06. The predicted octanol–water partition coefficient (Wildman–Crippen LogP) is 1.57. The molecular weight excluding hydrogens is 166 g/mol. The third-order valence-corrected chi connectivity index (χ3v) is 1.57. The van der Waals surface area contributed by atoms with Gasteiger partial charge < -0.3 is 14.5 Å². The monoisotopic (exact) mass is 181 g/mol. The van der Waals surface area contributed by atoms with Gasteiger partial charge in [-0.3, -0.25) is 0 Å². The molecule has 0 saturated carbocycles. The second-order valence-corrected chi connectivity index (χ2v) is 2.67. The van der Waals surface area contributed by atoms with Crippen molar-refractivity contribution in [2.75, 3.05) is 19.8 Å². The molecule has 0 fully saturated rings. The molecule has 0 spiro atoms. The van der Waals surface area contributed by atoms with Crippen molar-refractivity contribution < 1.29 is 9.15 Å². The average Bonchev–Trinajstić information content (AvgIpc) is 2.63. The van der Waals surface area contributed by atoms with Crippen molar-refractivity contribution in [2.24, 2.45) is 0 Å². The first-order chi connectivity index (χ1) is 6.43. The maximum atomic E-state index is 5.20. The molecule has 13 heavy (non-hydrogen) atoms. The summed E-state index contributed by atoms with van der Waals surface area (Å²) in [5.74, 6) is 0. The van der Waals surface area contributed by atoms with Crippen molar-refractivity contribution in [1.29, 1.82) is 0 Å². The van der Waals surface area contributed by atoms with Crippen LogP contribution in [-0.4, -0.2) is 19.8 Å². The highest BCUT2D eigenvalue weighted by Crippen LogP contribution is 1.97. The van der Waals surface area contributed by atoms with Gasteiger partial charge in [-0.1, -0.05) is 6.08 Å². The van der Waals surface area contributed by atoms with Crippen molar-refractivity contribution in [1.82, 2.24) is 5.32 Å². The molecular formula is C10H15NO2. The molecule has 0 amide bonds. The molecule has 1 rings (SSSR count). The van der Waals surface area contributed by atoms with Crippen molar-refractivity contribution in [2.45, 2.75) is 6.54 Å². The Bertz CT molecular complexity index is 219. The van der Waals surface area contributed by atoms with Crippen molar-refractivity contribution in [3.05, 3.63) is 36.8 Å². The molecule has 3 nitrogen and oxygen atoms in total. The van der Waals surface area contributed by atoms with Gasteiger partial charge in [0, 0.05) is 18.7 Å². The minimum Gasteiger partial charge on any atom is -0.472 e. The zero-order chi connectivity index (χ0) is 9.36. The van der Waals surface area contributed by atoms with E-state index in [1.165, 1.54) is 0 Å². The van der Waals surface area contributed by atoms with Crippen LogP contribution in [0.2, 0.25) is 0 Å². The lowest BCUT2D eigenvalue weighted by Gasteiger charge is -2.02. The van der Waals surface area contributed by atoms with Gasteiger partial charge in [0.2, 0.25) is 0 Å². The number of furan rings is 1. The van der Waals surface area contributed by atoms with Crippen LogP contribution in [0.3, 0.4) is 0 Å². The minimum atomic E-state index is 0.618. The van der Waals surface area contributed by atoms with Gasteiger partial charge in [-0.25, -0.2) is 0 Å². The zero-order valence-electron chi connectivity index (χ0n) is 7.66. The molecule has 0 atom stereocenters. The largest absolute Gasteiger partial charge is 0.472 e. The third-order valence-electron chi connectivity index (χ3n) is 1.57. The number of ether oxygens (including phenoxy) is 1. The van der Waals surface area contributed by atoms with Crippen LogP contribution >= 0.6 is 0 Å². The Morgan fingerprint density at radius 2 is 2.54 bits per heavy atom. The summed E-state index contributed by atoms with van der Waals surface area (Å²) < 4.78 is 10.1. The molecule has 0 aliphatic rings. The molecule has 0 unspecified atom stereocenters. The lowest BCUT2D eigenvalue weighted by Crippen LogP contribution is -2.18. The van der Waals surface area contributed by atoms with Crippen LogP contribution < -0.4 is 5.32 Å². The molecule has 1 aromatic heterocycles. The normalized spacial score (nSPS) is 10.2. The van der Waals surface area contributed by atoms with Crippen LogP contribution in [0.1, 0.15) is 5.56 Å². The van der Waals surface area contributed by atoms with E-state index in [2.05, 4.69) is 11.9 Å². The first kappa shape index (κ1) is 10.0. The lowest BCUT2D eigenvalue weighted by molar-refractivity contribution is 0.164. The Morgan fingerprint density at radius 3 is 3.23 bits per heavy atom. The van der Waals surface area contributed by atoms with Crippen LogP contribution in [0.25, 0.3) is 0 Å². The van der Waals surface area contributed by atoms with E-state index >= 15 is 0 Å². The molecule has 72 valence electrons. The van der Waals surface area contributed by atoms with Gasteiger partial charge in [0.05, 0.1) is 25.7 Å². The Labute approximate surface area is 78.4 Å². The Kier molecular flexibility index (Phi) is 4.98. The lowest BCUT2D eigenvalue weighted by atomic mass is 10.3. The standard InChI is InChI=1S/C10H15NO2/c1-2-5-12-7-4-11-8-10-3-6-13-9-10/h2-3,6,9,11H,1,4-5,7-8H2. The Morgan fingerprint density at radius 1 is 1.62 bits per heavy atom. The van der Waals surface area contributed by atoms with Crippen LogP contribution in [0.15, 0.2) is 35.7 Å². The quantitative estimate of drug-likeness (QED) is 0.512. The van der Waals surface area contributed by atoms with Gasteiger partial charge in [0.15, 0.2) is 0 Å². The van der Waals surface area contributed by atoms with Crippen LogP contribution in [-0.2, 0) is 11.3 Å². The summed E-state index contributed by atoms with van der Waals surface area (Å²) in [6, 6.07) is 1.94. The van der Waals surface area contributed by atoms with Crippen LogP contribution in [0.5, 0.6) is 0 Å². The van der Waals surface area contributed by atoms with E-state index in [4.69, 9.17) is 9.15 Å². The van der Waals surface area contributed by atoms with Gasteiger partial charge in [-0.15, -0.1) is 6.58 Å². The molecule has 0 aliphatic carbocycles. The highest BCUT2D eigenvalue weighted by Gasteiger charge is 1.92. The predicted molar refractivity (Wildman–Crippen MR) is 51.4 cm³/mol. The van der Waals surface area contributed by atoms with Gasteiger partial charge in [0.1, 0.15) is 0 Å². The summed E-state index contributed by atoms with van der Waals surface area (Å²) in [6.45, 7) is 6.57. The second kappa shape index (κ2) is 6.46. The number of hydrogen-bond acceptors (Lipinski definition) is 3. The number of rotatable bonds is 7. The van der Waals surface area contributed by atoms with Gasteiger partial charge >= 0.3 is 0 Å². The van der Waals surface area contributed by atoms with E-state index in [0.717, 1.165) is 18.7 Å². The SMILES string of the molecule is C=CCOCCNCc1ccoc1. The van der Waals surface area contributed by atoms with E-state index in [9.17, 15) is 0 Å². The fraction of sp³-hybridized carbons (Fsp3) is 0.400. The number of hydrogen-bond donors (Lipinski definition) is 1. The van der Waals surface area contributed by atoms with Gasteiger partial charge in [0.25, 0.3) is 0 Å².